The van der Waals surface area contributed by atoms with Crippen LogP contribution < -0.4 is 5.64 Å². The molecule has 0 aliphatic rings. The summed E-state index contributed by atoms with van der Waals surface area (Å²) in [6.07, 6.45) is 0. The van der Waals surface area contributed by atoms with Gasteiger partial charge in [-0.2, -0.15) is 0 Å². The summed E-state index contributed by atoms with van der Waals surface area (Å²) in [5.74, 6) is -1.19. The van der Waals surface area contributed by atoms with Crippen molar-refractivity contribution in [2.45, 2.75) is 0 Å². The Morgan fingerprint density at radius 3 is 1.64 bits per heavy atom. The molecule has 0 radical (unpaired) electrons. The second kappa shape index (κ2) is 14.7. The molecular formula is C6H15NO7. The van der Waals surface area contributed by atoms with E-state index in [2.05, 4.69) is 15.3 Å². The van der Waals surface area contributed by atoms with Crippen molar-refractivity contribution in [1.82, 2.24) is 5.64 Å². The molecule has 0 aromatic rings. The Morgan fingerprint density at radius 2 is 1.43 bits per heavy atom. The highest BCUT2D eigenvalue weighted by atomic mass is 16.9. The zero-order valence-electron chi connectivity index (χ0n) is 7.55. The second-order valence-corrected chi connectivity index (χ2v) is 1.78. The van der Waals surface area contributed by atoms with Crippen molar-refractivity contribution in [3.8, 4) is 0 Å². The van der Waals surface area contributed by atoms with E-state index >= 15 is 0 Å². The van der Waals surface area contributed by atoms with Gasteiger partial charge in [-0.1, -0.05) is 5.64 Å². The van der Waals surface area contributed by atoms with Crippen molar-refractivity contribution in [3.05, 3.63) is 0 Å². The summed E-state index contributed by atoms with van der Waals surface area (Å²) >= 11 is 0. The minimum Gasteiger partial charge on any atom is -0.480 e. The van der Waals surface area contributed by atoms with Crippen molar-refractivity contribution in [2.24, 2.45) is 0 Å². The van der Waals surface area contributed by atoms with Gasteiger partial charge >= 0.3 is 5.97 Å². The SMILES string of the molecule is O=C(O)CO.OCCONOCCO. The Morgan fingerprint density at radius 1 is 1.07 bits per heavy atom. The molecule has 0 aromatic carbocycles. The van der Waals surface area contributed by atoms with Crippen LogP contribution in [-0.4, -0.2) is 59.4 Å². The van der Waals surface area contributed by atoms with Crippen LogP contribution in [-0.2, 0) is 14.5 Å². The number of hydrogen-bond acceptors (Lipinski definition) is 7. The molecule has 0 bridgehead atoms. The van der Waals surface area contributed by atoms with E-state index in [1.165, 1.54) is 0 Å². The maximum atomic E-state index is 9.12. The average Bonchev–Trinajstić information content (AvgIpc) is 2.19. The summed E-state index contributed by atoms with van der Waals surface area (Å²) in [7, 11) is 0. The summed E-state index contributed by atoms with van der Waals surface area (Å²) in [5, 5.41) is 31.3. The Balaban J connectivity index is 0. The van der Waals surface area contributed by atoms with Gasteiger partial charge in [0.15, 0.2) is 0 Å². The third-order valence-electron chi connectivity index (χ3n) is 0.640. The predicted octanol–water partition coefficient (Wildman–Crippen LogP) is -2.51. The zero-order chi connectivity index (χ0) is 11.2. The number of carboxylic acids is 1. The van der Waals surface area contributed by atoms with Crippen LogP contribution in [0.5, 0.6) is 0 Å². The quantitative estimate of drug-likeness (QED) is 0.231. The molecule has 0 heterocycles. The highest BCUT2D eigenvalue weighted by molar-refractivity contribution is 5.67. The largest absolute Gasteiger partial charge is 0.480 e. The zero-order valence-corrected chi connectivity index (χ0v) is 7.55. The molecule has 0 unspecified atom stereocenters. The minimum absolute atomic E-state index is 0.0600. The molecule has 0 spiro atoms. The molecule has 86 valence electrons. The minimum atomic E-state index is -1.19. The van der Waals surface area contributed by atoms with Gasteiger partial charge in [-0.05, 0) is 0 Å². The van der Waals surface area contributed by atoms with Gasteiger partial charge in [0.2, 0.25) is 0 Å². The molecular weight excluding hydrogens is 198 g/mol. The van der Waals surface area contributed by atoms with Crippen LogP contribution in [0.4, 0.5) is 0 Å². The number of carboxylic acid groups (broad SMARTS) is 1. The molecule has 0 fully saturated rings. The van der Waals surface area contributed by atoms with Gasteiger partial charge in [0, 0.05) is 0 Å². The lowest BCUT2D eigenvalue weighted by Gasteiger charge is -2.01. The first-order valence-corrected chi connectivity index (χ1v) is 3.72. The molecule has 0 saturated carbocycles. The van der Waals surface area contributed by atoms with Crippen molar-refractivity contribution in [3.63, 3.8) is 0 Å². The maximum absolute atomic E-state index is 9.12. The standard InChI is InChI=1S/C4H11NO4.C2H4O3/c6-1-3-8-5-9-4-2-7;3-1-2(4)5/h5-7H,1-4H2;3H,1H2,(H,4,5). The normalized spacial score (nSPS) is 9.07. The molecule has 0 atom stereocenters. The first kappa shape index (κ1) is 15.7. The molecule has 8 nitrogen and oxygen atoms in total. The van der Waals surface area contributed by atoms with Crippen LogP contribution in [0.25, 0.3) is 0 Å². The van der Waals surface area contributed by atoms with E-state index in [4.69, 9.17) is 25.2 Å². The third kappa shape index (κ3) is 22.5. The third-order valence-corrected chi connectivity index (χ3v) is 0.640. The Bertz CT molecular complexity index is 115. The van der Waals surface area contributed by atoms with E-state index in [9.17, 15) is 0 Å². The summed E-state index contributed by atoms with van der Waals surface area (Å²) in [6, 6.07) is 0. The van der Waals surface area contributed by atoms with Gasteiger partial charge in [0.1, 0.15) is 6.61 Å². The second-order valence-electron chi connectivity index (χ2n) is 1.78. The highest BCUT2D eigenvalue weighted by Crippen LogP contribution is 1.67. The van der Waals surface area contributed by atoms with Gasteiger partial charge < -0.3 is 20.4 Å². The Hall–Kier alpha value is -0.770. The maximum Gasteiger partial charge on any atom is 0.329 e. The van der Waals surface area contributed by atoms with Crippen LogP contribution in [0.2, 0.25) is 0 Å². The Kier molecular flexibility index (Phi) is 16.5. The fourth-order valence-electron chi connectivity index (χ4n) is 0.216. The number of aliphatic carboxylic acids is 1. The molecule has 0 aliphatic carbocycles. The highest BCUT2D eigenvalue weighted by Gasteiger charge is 1.83. The van der Waals surface area contributed by atoms with Crippen molar-refractivity contribution in [1.29, 1.82) is 0 Å². The van der Waals surface area contributed by atoms with Crippen LogP contribution in [0.3, 0.4) is 0 Å². The monoisotopic (exact) mass is 213 g/mol. The van der Waals surface area contributed by atoms with Crippen molar-refractivity contribution in [2.75, 3.05) is 33.0 Å². The fourth-order valence-corrected chi connectivity index (χ4v) is 0.216. The molecule has 0 aromatic heterocycles. The lowest BCUT2D eigenvalue weighted by molar-refractivity contribution is -0.178. The molecule has 8 heteroatoms. The first-order valence-electron chi connectivity index (χ1n) is 3.72. The van der Waals surface area contributed by atoms with E-state index in [1.807, 2.05) is 0 Å². The summed E-state index contributed by atoms with van der Waals surface area (Å²) < 4.78 is 0. The smallest absolute Gasteiger partial charge is 0.329 e. The van der Waals surface area contributed by atoms with E-state index in [0.29, 0.717) is 0 Å². The van der Waals surface area contributed by atoms with E-state index in [0.717, 1.165) is 0 Å². The lowest BCUT2D eigenvalue weighted by atomic mass is 10.8. The fraction of sp³-hybridized carbons (Fsp3) is 0.833. The summed E-state index contributed by atoms with van der Waals surface area (Å²) in [6.45, 7) is -0.554. The van der Waals surface area contributed by atoms with Crippen LogP contribution >= 0.6 is 0 Å². The number of aliphatic hydroxyl groups excluding tert-OH is 3. The summed E-state index contributed by atoms with van der Waals surface area (Å²) in [4.78, 5) is 18.0. The van der Waals surface area contributed by atoms with Gasteiger partial charge in [0.05, 0.1) is 26.4 Å². The summed E-state index contributed by atoms with van der Waals surface area (Å²) in [5.41, 5.74) is 2.07. The number of nitrogens with one attached hydrogen (secondary N) is 1. The molecule has 0 rings (SSSR count). The number of hydrogen-bond donors (Lipinski definition) is 5. The van der Waals surface area contributed by atoms with Gasteiger partial charge in [-0.15, -0.1) is 0 Å². The number of aliphatic hydroxyl groups is 3. The molecule has 0 aliphatic heterocycles. The lowest BCUT2D eigenvalue weighted by Crippen LogP contribution is -2.19. The van der Waals surface area contributed by atoms with E-state index in [-0.39, 0.29) is 26.4 Å². The average molecular weight is 213 g/mol. The van der Waals surface area contributed by atoms with Crippen molar-refractivity contribution < 1.29 is 34.9 Å². The topological polar surface area (TPSA) is 128 Å². The van der Waals surface area contributed by atoms with Crippen LogP contribution in [0.1, 0.15) is 0 Å². The predicted molar refractivity (Wildman–Crippen MR) is 43.9 cm³/mol. The first-order chi connectivity index (χ1) is 6.68. The number of rotatable bonds is 7. The molecule has 5 N–H and O–H groups in total. The molecule has 0 amide bonds. The van der Waals surface area contributed by atoms with Gasteiger partial charge in [-0.3, -0.25) is 9.68 Å². The van der Waals surface area contributed by atoms with Crippen molar-refractivity contribution >= 4 is 5.97 Å². The van der Waals surface area contributed by atoms with E-state index < -0.39 is 12.6 Å². The van der Waals surface area contributed by atoms with Gasteiger partial charge in [0.25, 0.3) is 0 Å². The van der Waals surface area contributed by atoms with Gasteiger partial charge in [-0.25, -0.2) is 4.79 Å². The Labute approximate surface area is 80.6 Å². The van der Waals surface area contributed by atoms with E-state index in [1.54, 1.807) is 0 Å². The van der Waals surface area contributed by atoms with Crippen LogP contribution in [0, 0.1) is 0 Å². The molecule has 0 saturated heterocycles. The molecule has 14 heavy (non-hydrogen) atoms. The van der Waals surface area contributed by atoms with Crippen LogP contribution in [0.15, 0.2) is 0 Å². The number of carbonyl (C=O) groups is 1.